The van der Waals surface area contributed by atoms with E-state index in [1.807, 2.05) is 71.1 Å². The number of carbonyl (C=O) groups is 2. The van der Waals surface area contributed by atoms with Crippen LogP contribution in [0.3, 0.4) is 0 Å². The number of aryl methyl sites for hydroxylation is 1. The summed E-state index contributed by atoms with van der Waals surface area (Å²) in [6.07, 6.45) is 15.8. The molecule has 8 nitrogen and oxygen atoms in total. The quantitative estimate of drug-likeness (QED) is 0.208. The van der Waals surface area contributed by atoms with E-state index in [1.165, 1.54) is 17.4 Å². The van der Waals surface area contributed by atoms with E-state index in [2.05, 4.69) is 28.2 Å². The number of likely N-dealkylation sites (N-methyl/N-ethyl adjacent to an activating group) is 2. The summed E-state index contributed by atoms with van der Waals surface area (Å²) < 4.78 is 0. The molecule has 0 aliphatic carbocycles. The molecule has 1 saturated heterocycles. The van der Waals surface area contributed by atoms with E-state index < -0.39 is 0 Å². The first-order valence-corrected chi connectivity index (χ1v) is 15.3. The molecule has 2 aliphatic rings. The van der Waals surface area contributed by atoms with Crippen molar-refractivity contribution in [2.45, 2.75) is 67.2 Å². The number of nitrogens with zero attached hydrogens (tertiary/aromatic N) is 5. The van der Waals surface area contributed by atoms with Crippen molar-refractivity contribution >= 4 is 29.7 Å². The van der Waals surface area contributed by atoms with Crippen LogP contribution in [0.25, 0.3) is 6.08 Å². The van der Waals surface area contributed by atoms with Gasteiger partial charge in [0, 0.05) is 87.6 Å². The molecule has 3 rings (SSSR count). The van der Waals surface area contributed by atoms with Crippen LogP contribution in [0.5, 0.6) is 0 Å². The number of pyridine rings is 1. The lowest BCUT2D eigenvalue weighted by molar-refractivity contribution is -0.124. The summed E-state index contributed by atoms with van der Waals surface area (Å²) in [7, 11) is 7.37. The molecular weight excluding hydrogens is 524 g/mol. The topological polar surface area (TPSA) is 81.1 Å². The Kier molecular flexibility index (Phi) is 17.0. The average molecular weight is 579 g/mol. The van der Waals surface area contributed by atoms with Crippen LogP contribution in [-0.2, 0) is 9.59 Å². The van der Waals surface area contributed by atoms with Crippen LogP contribution in [-0.4, -0.2) is 80.5 Å². The highest BCUT2D eigenvalue weighted by Crippen LogP contribution is 2.28. The van der Waals surface area contributed by atoms with Crippen molar-refractivity contribution in [3.63, 3.8) is 0 Å². The largest absolute Gasteiger partial charge is 0.388 e. The number of rotatable bonds is 10. The number of amides is 1. The van der Waals surface area contributed by atoms with Crippen LogP contribution in [0.1, 0.15) is 71.6 Å². The number of nitrogens with one attached hydrogen (secondary N) is 1. The Bertz CT molecular complexity index is 1150. The minimum Gasteiger partial charge on any atom is -0.388 e. The van der Waals surface area contributed by atoms with Gasteiger partial charge in [-0.05, 0) is 70.7 Å². The molecule has 8 heteroatoms. The summed E-state index contributed by atoms with van der Waals surface area (Å²) in [5.41, 5.74) is 7.24. The third kappa shape index (κ3) is 11.0. The SMILES string of the molecule is CC.CC.CNC(/C=C\N(C)c1ccnc(C)c1/C=C(\C)CN1CCC(C2=NC=C(C(=O)N(C)C)CC2)CC1)=C/C=O. The van der Waals surface area contributed by atoms with E-state index in [1.54, 1.807) is 32.2 Å². The summed E-state index contributed by atoms with van der Waals surface area (Å²) in [5.74, 6) is 0.572. The Morgan fingerprint density at radius 1 is 1.12 bits per heavy atom. The number of hydrogen-bond donors (Lipinski definition) is 1. The zero-order valence-corrected chi connectivity index (χ0v) is 27.7. The minimum absolute atomic E-state index is 0.0663. The first-order valence-electron chi connectivity index (χ1n) is 15.3. The highest BCUT2D eigenvalue weighted by molar-refractivity contribution is 5.97. The molecule has 0 aromatic carbocycles. The first kappa shape index (κ1) is 36.5. The second-order valence-corrected chi connectivity index (χ2v) is 10.3. The van der Waals surface area contributed by atoms with Crippen molar-refractivity contribution in [2.24, 2.45) is 10.9 Å². The normalized spacial score (nSPS) is 16.3. The molecule has 3 heterocycles. The molecule has 0 radical (unpaired) electrons. The fourth-order valence-electron chi connectivity index (χ4n) is 5.00. The minimum atomic E-state index is 0.0663. The number of piperidine rings is 1. The number of allylic oxidation sites excluding steroid dienone is 2. The molecule has 0 saturated carbocycles. The smallest absolute Gasteiger partial charge is 0.250 e. The number of likely N-dealkylation sites (tertiary alicyclic amines) is 1. The van der Waals surface area contributed by atoms with E-state index >= 15 is 0 Å². The number of anilines is 1. The Morgan fingerprint density at radius 2 is 1.79 bits per heavy atom. The number of carbonyl (C=O) groups excluding carboxylic acids is 2. The summed E-state index contributed by atoms with van der Waals surface area (Å²) in [4.78, 5) is 38.4. The maximum atomic E-state index is 12.2. The molecule has 0 bridgehead atoms. The molecule has 0 spiro atoms. The highest BCUT2D eigenvalue weighted by atomic mass is 16.2. The van der Waals surface area contributed by atoms with Gasteiger partial charge in [-0.2, -0.15) is 0 Å². The van der Waals surface area contributed by atoms with Gasteiger partial charge in [0.15, 0.2) is 0 Å². The molecule has 232 valence electrons. The number of aromatic nitrogens is 1. The third-order valence-electron chi connectivity index (χ3n) is 7.20. The molecule has 1 aromatic heterocycles. The van der Waals surface area contributed by atoms with Crippen molar-refractivity contribution in [3.05, 3.63) is 64.9 Å². The summed E-state index contributed by atoms with van der Waals surface area (Å²) in [5, 5.41) is 3.01. The molecule has 42 heavy (non-hydrogen) atoms. The monoisotopic (exact) mass is 578 g/mol. The number of aliphatic imine (C=N–C) groups is 1. The van der Waals surface area contributed by atoms with Crippen LogP contribution in [0.2, 0.25) is 0 Å². The van der Waals surface area contributed by atoms with Gasteiger partial charge in [-0.15, -0.1) is 0 Å². The summed E-state index contributed by atoms with van der Waals surface area (Å²) in [6, 6.07) is 2.02. The molecule has 1 N–H and O–H groups in total. The predicted molar refractivity (Wildman–Crippen MR) is 179 cm³/mol. The fourth-order valence-corrected chi connectivity index (χ4v) is 5.00. The second kappa shape index (κ2) is 19.6. The fraction of sp³-hybridized carbons (Fsp3) is 0.529. The number of hydrogen-bond acceptors (Lipinski definition) is 7. The third-order valence-corrected chi connectivity index (χ3v) is 7.20. The maximum absolute atomic E-state index is 12.2. The van der Waals surface area contributed by atoms with Gasteiger partial charge in [-0.1, -0.05) is 39.3 Å². The van der Waals surface area contributed by atoms with Crippen LogP contribution >= 0.6 is 0 Å². The molecule has 0 atom stereocenters. The molecule has 1 aromatic rings. The highest BCUT2D eigenvalue weighted by Gasteiger charge is 2.26. The van der Waals surface area contributed by atoms with Crippen LogP contribution in [0.4, 0.5) is 5.69 Å². The maximum Gasteiger partial charge on any atom is 0.250 e. The Morgan fingerprint density at radius 3 is 2.33 bits per heavy atom. The van der Waals surface area contributed by atoms with Gasteiger partial charge in [0.05, 0.1) is 5.69 Å². The Labute approximate surface area is 255 Å². The predicted octanol–water partition coefficient (Wildman–Crippen LogP) is 6.02. The average Bonchev–Trinajstić information content (AvgIpc) is 3.02. The molecule has 0 unspecified atom stereocenters. The van der Waals surface area contributed by atoms with Crippen LogP contribution in [0, 0.1) is 12.8 Å². The lowest BCUT2D eigenvalue weighted by Gasteiger charge is -2.33. The molecule has 1 amide bonds. The number of aldehydes is 1. The second-order valence-electron chi connectivity index (χ2n) is 10.3. The zero-order valence-electron chi connectivity index (χ0n) is 27.7. The van der Waals surface area contributed by atoms with Gasteiger partial charge in [0.2, 0.25) is 0 Å². The molecule has 1 fully saturated rings. The van der Waals surface area contributed by atoms with Crippen molar-refractivity contribution < 1.29 is 9.59 Å². The lowest BCUT2D eigenvalue weighted by atomic mass is 9.87. The van der Waals surface area contributed by atoms with Crippen LogP contribution in [0.15, 0.2) is 58.7 Å². The summed E-state index contributed by atoms with van der Waals surface area (Å²) >= 11 is 0. The van der Waals surface area contributed by atoms with Gasteiger partial charge in [-0.25, -0.2) is 0 Å². The Balaban J connectivity index is 0.00000211. The van der Waals surface area contributed by atoms with Crippen molar-refractivity contribution in [2.75, 3.05) is 52.7 Å². The zero-order chi connectivity index (χ0) is 31.7. The standard InChI is InChI=1S/C30H42N6O2.2C2H6/c1-22(19-27-23(2)32-14-9-29(27)35(6)15-12-26(31-3)13-18-37)21-36-16-10-24(11-17-36)28-8-7-25(20-33-28)30(38)34(4)5;2*1-2/h9,12-15,18-20,24,31H,7-8,10-11,16-17,21H2,1-6H3;2*1-2H3/b15-12-,22-19+,26-13+;;. The molecule has 2 aliphatic heterocycles. The van der Waals surface area contributed by atoms with E-state index in [4.69, 9.17) is 4.99 Å². The van der Waals surface area contributed by atoms with Gasteiger partial charge >= 0.3 is 0 Å². The van der Waals surface area contributed by atoms with Crippen LogP contribution < -0.4 is 10.2 Å². The van der Waals surface area contributed by atoms with Gasteiger partial charge in [-0.3, -0.25) is 24.5 Å². The first-order chi connectivity index (χ1) is 20.2. The van der Waals surface area contributed by atoms with E-state index in [9.17, 15) is 9.59 Å². The summed E-state index contributed by atoms with van der Waals surface area (Å²) in [6.45, 7) is 15.2. The Hall–Kier alpha value is -3.52. The van der Waals surface area contributed by atoms with Gasteiger partial charge in [0.25, 0.3) is 5.91 Å². The van der Waals surface area contributed by atoms with Crippen molar-refractivity contribution in [1.82, 2.24) is 20.1 Å². The van der Waals surface area contributed by atoms with E-state index in [-0.39, 0.29) is 5.91 Å². The van der Waals surface area contributed by atoms with E-state index in [0.29, 0.717) is 5.92 Å². The van der Waals surface area contributed by atoms with Crippen molar-refractivity contribution in [1.29, 1.82) is 0 Å². The molecular formula is C34H54N6O2. The lowest BCUT2D eigenvalue weighted by Crippen LogP contribution is -2.37. The van der Waals surface area contributed by atoms with Crippen molar-refractivity contribution in [3.8, 4) is 0 Å². The van der Waals surface area contributed by atoms with Gasteiger partial charge in [0.1, 0.15) is 6.29 Å². The van der Waals surface area contributed by atoms with Gasteiger partial charge < -0.3 is 15.1 Å². The van der Waals surface area contributed by atoms with E-state index in [0.717, 1.165) is 79.8 Å².